The van der Waals surface area contributed by atoms with Crippen LogP contribution in [0.25, 0.3) is 11.3 Å². The summed E-state index contributed by atoms with van der Waals surface area (Å²) in [6.07, 6.45) is 0. The number of nitrogens with zero attached hydrogens (tertiary/aromatic N) is 2. The third-order valence-electron chi connectivity index (χ3n) is 3.94. The lowest BCUT2D eigenvalue weighted by Crippen LogP contribution is -2.38. The van der Waals surface area contributed by atoms with E-state index in [-0.39, 0.29) is 17.7 Å². The van der Waals surface area contributed by atoms with E-state index < -0.39 is 5.54 Å². The van der Waals surface area contributed by atoms with Crippen molar-refractivity contribution < 1.29 is 13.6 Å². The Morgan fingerprint density at radius 1 is 1.17 bits per heavy atom. The summed E-state index contributed by atoms with van der Waals surface area (Å²) < 4.78 is 18.6. The molecule has 0 atom stereocenters. The first-order chi connectivity index (χ1) is 13.6. The molecular formula is C21H24FN5O2. The zero-order valence-electron chi connectivity index (χ0n) is 17.1. The Balaban J connectivity index is 1.81. The monoisotopic (exact) mass is 397 g/mol. The third kappa shape index (κ3) is 5.31. The minimum Gasteiger partial charge on any atom is -0.466 e. The number of rotatable bonds is 3. The molecule has 0 aliphatic carbocycles. The van der Waals surface area contributed by atoms with Crippen LogP contribution in [-0.4, -0.2) is 27.6 Å². The second-order valence-corrected chi connectivity index (χ2v) is 7.71. The quantitative estimate of drug-likeness (QED) is 0.450. The van der Waals surface area contributed by atoms with Gasteiger partial charge in [0.1, 0.15) is 17.3 Å². The second-order valence-electron chi connectivity index (χ2n) is 7.71. The molecule has 0 unspecified atom stereocenters. The van der Waals surface area contributed by atoms with Crippen molar-refractivity contribution in [2.24, 2.45) is 4.99 Å². The zero-order valence-corrected chi connectivity index (χ0v) is 17.1. The smallest absolute Gasteiger partial charge is 0.261 e. The van der Waals surface area contributed by atoms with Gasteiger partial charge in [-0.25, -0.2) is 9.38 Å². The van der Waals surface area contributed by atoms with Crippen LogP contribution in [0.3, 0.4) is 0 Å². The SMILES string of the molecule is Cc1cc(C(=O)NC(=NC(C)(C)C)Nc2cc(-c3ccc(F)cc3)[nH]n2)c(C)o1. The topological polar surface area (TPSA) is 95.3 Å². The minimum atomic E-state index is -0.437. The summed E-state index contributed by atoms with van der Waals surface area (Å²) in [5.74, 6) is 1.29. The van der Waals surface area contributed by atoms with Crippen molar-refractivity contribution in [1.29, 1.82) is 0 Å². The van der Waals surface area contributed by atoms with Gasteiger partial charge < -0.3 is 9.73 Å². The molecule has 1 amide bonds. The van der Waals surface area contributed by atoms with Crippen molar-refractivity contribution in [2.45, 2.75) is 40.2 Å². The molecule has 0 fully saturated rings. The van der Waals surface area contributed by atoms with Crippen LogP contribution in [0.4, 0.5) is 10.2 Å². The summed E-state index contributed by atoms with van der Waals surface area (Å²) in [5.41, 5.74) is 1.50. The van der Waals surface area contributed by atoms with Gasteiger partial charge in [0.25, 0.3) is 5.91 Å². The summed E-state index contributed by atoms with van der Waals surface area (Å²) in [5, 5.41) is 12.9. The van der Waals surface area contributed by atoms with Crippen LogP contribution in [0.1, 0.15) is 42.6 Å². The molecule has 0 spiro atoms. The Hall–Kier alpha value is -3.42. The van der Waals surface area contributed by atoms with Gasteiger partial charge in [0.05, 0.1) is 16.8 Å². The Labute approximate surface area is 168 Å². The average molecular weight is 397 g/mol. The number of aryl methyl sites for hydroxylation is 2. The Morgan fingerprint density at radius 3 is 2.45 bits per heavy atom. The van der Waals surface area contributed by atoms with Crippen molar-refractivity contribution in [1.82, 2.24) is 15.5 Å². The molecule has 3 rings (SSSR count). The number of halogens is 1. The van der Waals surface area contributed by atoms with Crippen molar-refractivity contribution >= 4 is 17.7 Å². The molecule has 0 bridgehead atoms. The highest BCUT2D eigenvalue weighted by Crippen LogP contribution is 2.20. The number of carbonyl (C=O) groups is 1. The number of hydrogen-bond donors (Lipinski definition) is 3. The van der Waals surface area contributed by atoms with Gasteiger partial charge in [-0.15, -0.1) is 0 Å². The first kappa shape index (κ1) is 20.3. The van der Waals surface area contributed by atoms with Crippen molar-refractivity contribution in [3.05, 3.63) is 59.3 Å². The number of aromatic nitrogens is 2. The summed E-state index contributed by atoms with van der Waals surface area (Å²) in [6, 6.07) is 9.51. The number of H-pyrrole nitrogens is 1. The van der Waals surface area contributed by atoms with Gasteiger partial charge in [0, 0.05) is 6.07 Å². The largest absolute Gasteiger partial charge is 0.466 e. The van der Waals surface area contributed by atoms with E-state index in [1.807, 2.05) is 20.8 Å². The molecule has 0 aliphatic heterocycles. The molecule has 0 saturated heterocycles. The summed E-state index contributed by atoms with van der Waals surface area (Å²) in [4.78, 5) is 17.2. The number of anilines is 1. The molecule has 1 aromatic carbocycles. The lowest BCUT2D eigenvalue weighted by molar-refractivity contribution is 0.0975. The van der Waals surface area contributed by atoms with Crippen LogP contribution < -0.4 is 10.6 Å². The highest BCUT2D eigenvalue weighted by molar-refractivity contribution is 6.10. The molecule has 3 aromatic rings. The fourth-order valence-corrected chi connectivity index (χ4v) is 2.74. The highest BCUT2D eigenvalue weighted by Gasteiger charge is 2.18. The maximum Gasteiger partial charge on any atom is 0.261 e. The van der Waals surface area contributed by atoms with Gasteiger partial charge in [-0.3, -0.25) is 15.2 Å². The molecule has 0 saturated carbocycles. The van der Waals surface area contributed by atoms with E-state index in [1.54, 1.807) is 38.1 Å². The first-order valence-electron chi connectivity index (χ1n) is 9.17. The number of hydrogen-bond acceptors (Lipinski definition) is 4. The fourth-order valence-electron chi connectivity index (χ4n) is 2.74. The molecular weight excluding hydrogens is 373 g/mol. The number of nitrogens with one attached hydrogen (secondary N) is 3. The minimum absolute atomic E-state index is 0.262. The van der Waals surface area contributed by atoms with Crippen LogP contribution in [0.15, 0.2) is 45.8 Å². The van der Waals surface area contributed by atoms with Crippen LogP contribution in [0.2, 0.25) is 0 Å². The van der Waals surface area contributed by atoms with Gasteiger partial charge in [0.15, 0.2) is 5.82 Å². The molecule has 152 valence electrons. The van der Waals surface area contributed by atoms with Gasteiger partial charge in [-0.1, -0.05) is 0 Å². The predicted molar refractivity (Wildman–Crippen MR) is 110 cm³/mol. The molecule has 8 heteroatoms. The van der Waals surface area contributed by atoms with Gasteiger partial charge >= 0.3 is 0 Å². The Kier molecular flexibility index (Phi) is 5.54. The molecule has 2 aromatic heterocycles. The van der Waals surface area contributed by atoms with E-state index in [0.29, 0.717) is 28.6 Å². The van der Waals surface area contributed by atoms with Gasteiger partial charge in [0.2, 0.25) is 5.96 Å². The standard InChI is InChI=1S/C21H24FN5O2/c1-12-10-16(13(2)29-12)19(28)24-20(25-21(3,4)5)23-18-11-17(26-27-18)14-6-8-15(22)9-7-14/h6-11H,1-5H3,(H3,23,24,25,26,27,28). The number of aliphatic imine (C=N–C) groups is 1. The number of aromatic amines is 1. The van der Waals surface area contributed by atoms with Crippen molar-refractivity contribution in [3.8, 4) is 11.3 Å². The average Bonchev–Trinajstić information content (AvgIpc) is 3.20. The molecule has 29 heavy (non-hydrogen) atoms. The molecule has 0 radical (unpaired) electrons. The van der Waals surface area contributed by atoms with E-state index in [2.05, 4.69) is 25.8 Å². The first-order valence-corrected chi connectivity index (χ1v) is 9.17. The highest BCUT2D eigenvalue weighted by atomic mass is 19.1. The molecule has 7 nitrogen and oxygen atoms in total. The third-order valence-corrected chi connectivity index (χ3v) is 3.94. The Bertz CT molecular complexity index is 1040. The number of benzene rings is 1. The van der Waals surface area contributed by atoms with Crippen molar-refractivity contribution in [3.63, 3.8) is 0 Å². The number of guanidine groups is 1. The molecule has 2 heterocycles. The molecule has 0 aliphatic rings. The van der Waals surface area contributed by atoms with Crippen LogP contribution in [0.5, 0.6) is 0 Å². The molecule has 3 N–H and O–H groups in total. The van der Waals surface area contributed by atoms with Crippen LogP contribution in [0, 0.1) is 19.7 Å². The lowest BCUT2D eigenvalue weighted by atomic mass is 10.1. The van der Waals surface area contributed by atoms with Gasteiger partial charge in [-0.05, 0) is 70.5 Å². The maximum atomic E-state index is 13.1. The van der Waals surface area contributed by atoms with E-state index in [9.17, 15) is 9.18 Å². The van der Waals surface area contributed by atoms with E-state index in [1.165, 1.54) is 12.1 Å². The maximum absolute atomic E-state index is 13.1. The Morgan fingerprint density at radius 2 is 1.86 bits per heavy atom. The number of furan rings is 1. The summed E-state index contributed by atoms with van der Waals surface area (Å²) >= 11 is 0. The number of amides is 1. The van der Waals surface area contributed by atoms with Gasteiger partial charge in [-0.2, -0.15) is 5.10 Å². The van der Waals surface area contributed by atoms with E-state index >= 15 is 0 Å². The summed E-state index contributed by atoms with van der Waals surface area (Å²) in [6.45, 7) is 9.28. The van der Waals surface area contributed by atoms with E-state index in [0.717, 1.165) is 5.56 Å². The fraction of sp³-hybridized carbons (Fsp3) is 0.286. The van der Waals surface area contributed by atoms with Crippen LogP contribution >= 0.6 is 0 Å². The number of carbonyl (C=O) groups excluding carboxylic acids is 1. The normalized spacial score (nSPS) is 12.1. The van der Waals surface area contributed by atoms with Crippen LogP contribution in [-0.2, 0) is 0 Å². The van der Waals surface area contributed by atoms with E-state index in [4.69, 9.17) is 4.42 Å². The summed E-state index contributed by atoms with van der Waals surface area (Å²) in [7, 11) is 0. The van der Waals surface area contributed by atoms with Crippen molar-refractivity contribution in [2.75, 3.05) is 5.32 Å². The second kappa shape index (κ2) is 7.90. The zero-order chi connectivity index (χ0) is 21.2. The predicted octanol–water partition coefficient (Wildman–Crippen LogP) is 4.42. The lowest BCUT2D eigenvalue weighted by Gasteiger charge is -2.17.